The molecule has 0 bridgehead atoms. The lowest BCUT2D eigenvalue weighted by Crippen LogP contribution is -2.44. The Morgan fingerprint density at radius 1 is 1.41 bits per heavy atom. The summed E-state index contributed by atoms with van der Waals surface area (Å²) in [5.74, 6) is -0.741. The van der Waals surface area contributed by atoms with Crippen LogP contribution in [0.15, 0.2) is 4.52 Å². The Bertz CT molecular complexity index is 502. The standard InChI is InChI=1S/C14H20F3N3O2/c1-2-4-11-18-12(22-19-11)6-7-13(21)20-8-3-5-10(9-20)14(15,16)17/h10H,2-9H2,1H3/t10-/m1/s1. The number of carbonyl (C=O) groups is 1. The predicted octanol–water partition coefficient (Wildman–Crippen LogP) is 2.76. The SMILES string of the molecule is CCCc1noc(CCC(=O)N2CCC[C@@H](C(F)(F)F)C2)n1. The van der Waals surface area contributed by atoms with E-state index in [4.69, 9.17) is 4.52 Å². The number of amides is 1. The number of alkyl halides is 3. The number of aryl methyl sites for hydroxylation is 2. The van der Waals surface area contributed by atoms with Crippen molar-refractivity contribution in [1.29, 1.82) is 0 Å². The van der Waals surface area contributed by atoms with E-state index in [1.165, 1.54) is 4.90 Å². The largest absolute Gasteiger partial charge is 0.393 e. The lowest BCUT2D eigenvalue weighted by atomic mass is 9.97. The van der Waals surface area contributed by atoms with E-state index in [-0.39, 0.29) is 31.7 Å². The lowest BCUT2D eigenvalue weighted by molar-refractivity contribution is -0.188. The summed E-state index contributed by atoms with van der Waals surface area (Å²) in [5, 5.41) is 3.78. The third kappa shape index (κ3) is 4.45. The molecule has 1 aromatic heterocycles. The van der Waals surface area contributed by atoms with Crippen LogP contribution in [0, 0.1) is 5.92 Å². The first-order valence-corrected chi connectivity index (χ1v) is 7.56. The van der Waals surface area contributed by atoms with Crippen LogP contribution in [0.3, 0.4) is 0 Å². The summed E-state index contributed by atoms with van der Waals surface area (Å²) in [6.07, 6.45) is -1.79. The Morgan fingerprint density at radius 3 is 2.86 bits per heavy atom. The molecule has 1 aliphatic rings. The molecule has 1 atom stereocenters. The summed E-state index contributed by atoms with van der Waals surface area (Å²) in [5.41, 5.74) is 0. The second-order valence-corrected chi connectivity index (χ2v) is 5.57. The van der Waals surface area contributed by atoms with E-state index in [0.717, 1.165) is 6.42 Å². The first kappa shape index (κ1) is 16.8. The fraction of sp³-hybridized carbons (Fsp3) is 0.786. The van der Waals surface area contributed by atoms with Crippen molar-refractivity contribution in [2.24, 2.45) is 5.92 Å². The highest BCUT2D eigenvalue weighted by Gasteiger charge is 2.42. The molecule has 0 unspecified atom stereocenters. The molecular formula is C14H20F3N3O2. The average Bonchev–Trinajstić information content (AvgIpc) is 2.92. The van der Waals surface area contributed by atoms with Crippen molar-refractivity contribution in [1.82, 2.24) is 15.0 Å². The molecule has 0 N–H and O–H groups in total. The summed E-state index contributed by atoms with van der Waals surface area (Å²) < 4.78 is 43.2. The fourth-order valence-corrected chi connectivity index (χ4v) is 2.56. The monoisotopic (exact) mass is 319 g/mol. The molecule has 0 aliphatic carbocycles. The molecule has 1 fully saturated rings. The van der Waals surface area contributed by atoms with Gasteiger partial charge in [-0.3, -0.25) is 4.79 Å². The van der Waals surface area contributed by atoms with Gasteiger partial charge in [-0.2, -0.15) is 18.2 Å². The molecular weight excluding hydrogens is 299 g/mol. The number of rotatable bonds is 5. The molecule has 1 aliphatic heterocycles. The third-order valence-electron chi connectivity index (χ3n) is 3.77. The van der Waals surface area contributed by atoms with E-state index in [9.17, 15) is 18.0 Å². The normalized spacial score (nSPS) is 19.5. The minimum absolute atomic E-state index is 0.0946. The molecule has 1 aromatic rings. The quantitative estimate of drug-likeness (QED) is 0.837. The van der Waals surface area contributed by atoms with E-state index >= 15 is 0 Å². The number of piperidine rings is 1. The van der Waals surface area contributed by atoms with Gasteiger partial charge in [0.2, 0.25) is 11.8 Å². The Balaban J connectivity index is 1.83. The Kier molecular flexibility index (Phi) is 5.42. The summed E-state index contributed by atoms with van der Waals surface area (Å²) in [6, 6.07) is 0. The maximum absolute atomic E-state index is 12.7. The van der Waals surface area contributed by atoms with Gasteiger partial charge in [-0.1, -0.05) is 12.1 Å². The lowest BCUT2D eigenvalue weighted by Gasteiger charge is -2.33. The van der Waals surface area contributed by atoms with Crippen LogP contribution in [-0.2, 0) is 17.6 Å². The van der Waals surface area contributed by atoms with E-state index < -0.39 is 12.1 Å². The Morgan fingerprint density at radius 2 is 2.18 bits per heavy atom. The predicted molar refractivity (Wildman–Crippen MR) is 72.0 cm³/mol. The van der Waals surface area contributed by atoms with Crippen molar-refractivity contribution in [3.05, 3.63) is 11.7 Å². The zero-order valence-electron chi connectivity index (χ0n) is 12.5. The van der Waals surface area contributed by atoms with Crippen LogP contribution in [0.25, 0.3) is 0 Å². The van der Waals surface area contributed by atoms with Gasteiger partial charge < -0.3 is 9.42 Å². The summed E-state index contributed by atoms with van der Waals surface area (Å²) >= 11 is 0. The average molecular weight is 319 g/mol. The minimum Gasteiger partial charge on any atom is -0.342 e. The first-order valence-electron chi connectivity index (χ1n) is 7.56. The van der Waals surface area contributed by atoms with Crippen LogP contribution in [0.2, 0.25) is 0 Å². The van der Waals surface area contributed by atoms with Crippen LogP contribution in [0.1, 0.15) is 44.3 Å². The van der Waals surface area contributed by atoms with Crippen LogP contribution < -0.4 is 0 Å². The van der Waals surface area contributed by atoms with Crippen molar-refractivity contribution in [2.45, 2.75) is 51.6 Å². The maximum Gasteiger partial charge on any atom is 0.393 e. The van der Waals surface area contributed by atoms with Crippen molar-refractivity contribution in [3.63, 3.8) is 0 Å². The molecule has 1 amide bonds. The van der Waals surface area contributed by atoms with Crippen LogP contribution in [0.5, 0.6) is 0 Å². The smallest absolute Gasteiger partial charge is 0.342 e. The number of hydrogen-bond acceptors (Lipinski definition) is 4. The molecule has 124 valence electrons. The maximum atomic E-state index is 12.7. The number of halogens is 3. The highest BCUT2D eigenvalue weighted by molar-refractivity contribution is 5.76. The van der Waals surface area contributed by atoms with Crippen LogP contribution in [-0.4, -0.2) is 40.2 Å². The molecule has 8 heteroatoms. The Hall–Kier alpha value is -1.60. The van der Waals surface area contributed by atoms with Crippen LogP contribution in [0.4, 0.5) is 13.2 Å². The molecule has 0 aromatic carbocycles. The van der Waals surface area contributed by atoms with Gasteiger partial charge in [0.25, 0.3) is 0 Å². The molecule has 0 spiro atoms. The van der Waals surface area contributed by atoms with Gasteiger partial charge in [0.05, 0.1) is 5.92 Å². The second-order valence-electron chi connectivity index (χ2n) is 5.57. The summed E-state index contributed by atoms with van der Waals surface area (Å²) in [4.78, 5) is 17.5. The third-order valence-corrected chi connectivity index (χ3v) is 3.77. The number of aromatic nitrogens is 2. The first-order chi connectivity index (χ1) is 10.4. The molecule has 0 saturated carbocycles. The van der Waals surface area contributed by atoms with Gasteiger partial charge in [-0.05, 0) is 19.3 Å². The number of carbonyl (C=O) groups excluding carboxylic acids is 1. The number of nitrogens with zero attached hydrogens (tertiary/aromatic N) is 3. The zero-order chi connectivity index (χ0) is 16.2. The highest BCUT2D eigenvalue weighted by atomic mass is 19.4. The van der Waals surface area contributed by atoms with Crippen molar-refractivity contribution in [3.8, 4) is 0 Å². The molecule has 5 nitrogen and oxygen atoms in total. The van der Waals surface area contributed by atoms with E-state index in [0.29, 0.717) is 31.1 Å². The van der Waals surface area contributed by atoms with E-state index in [1.807, 2.05) is 6.92 Å². The zero-order valence-corrected chi connectivity index (χ0v) is 12.5. The van der Waals surface area contributed by atoms with Gasteiger partial charge in [0.15, 0.2) is 5.82 Å². The van der Waals surface area contributed by atoms with Crippen molar-refractivity contribution < 1.29 is 22.5 Å². The van der Waals surface area contributed by atoms with Gasteiger partial charge >= 0.3 is 6.18 Å². The number of hydrogen-bond donors (Lipinski definition) is 0. The molecule has 0 radical (unpaired) electrons. The van der Waals surface area contributed by atoms with Crippen LogP contribution >= 0.6 is 0 Å². The van der Waals surface area contributed by atoms with E-state index in [2.05, 4.69) is 10.1 Å². The highest BCUT2D eigenvalue weighted by Crippen LogP contribution is 2.33. The number of likely N-dealkylation sites (tertiary alicyclic amines) is 1. The molecule has 22 heavy (non-hydrogen) atoms. The summed E-state index contributed by atoms with van der Waals surface area (Å²) in [7, 11) is 0. The summed E-state index contributed by atoms with van der Waals surface area (Å²) in [6.45, 7) is 2.14. The minimum atomic E-state index is -4.24. The topological polar surface area (TPSA) is 59.2 Å². The Labute approximate surface area is 126 Å². The van der Waals surface area contributed by atoms with Crippen molar-refractivity contribution in [2.75, 3.05) is 13.1 Å². The van der Waals surface area contributed by atoms with Crippen molar-refractivity contribution >= 4 is 5.91 Å². The second kappa shape index (κ2) is 7.11. The fourth-order valence-electron chi connectivity index (χ4n) is 2.56. The van der Waals surface area contributed by atoms with Gasteiger partial charge in [0, 0.05) is 32.4 Å². The van der Waals surface area contributed by atoms with Gasteiger partial charge in [-0.25, -0.2) is 0 Å². The van der Waals surface area contributed by atoms with Gasteiger partial charge in [-0.15, -0.1) is 0 Å². The van der Waals surface area contributed by atoms with Gasteiger partial charge in [0.1, 0.15) is 0 Å². The van der Waals surface area contributed by atoms with E-state index in [1.54, 1.807) is 0 Å². The molecule has 2 heterocycles. The molecule has 2 rings (SSSR count). The molecule has 1 saturated heterocycles.